The van der Waals surface area contributed by atoms with Gasteiger partial charge in [0.05, 0.1) is 4.90 Å². The molecule has 0 radical (unpaired) electrons. The summed E-state index contributed by atoms with van der Waals surface area (Å²) >= 11 is 0. The van der Waals surface area contributed by atoms with Gasteiger partial charge in [0.15, 0.2) is 0 Å². The van der Waals surface area contributed by atoms with Gasteiger partial charge in [0.2, 0.25) is 0 Å². The minimum atomic E-state index is -4.08. The topological polar surface area (TPSA) is 117 Å². The van der Waals surface area contributed by atoms with Crippen molar-refractivity contribution >= 4 is 38.4 Å². The molecule has 2 aromatic carbocycles. The zero-order valence-electron chi connectivity index (χ0n) is 15.3. The van der Waals surface area contributed by atoms with Gasteiger partial charge in [-0.3, -0.25) is 9.78 Å². The number of urea groups is 1. The highest BCUT2D eigenvalue weighted by Gasteiger charge is 2.23. The van der Waals surface area contributed by atoms with Gasteiger partial charge in [-0.05, 0) is 49.2 Å². The van der Waals surface area contributed by atoms with Gasteiger partial charge in [0.1, 0.15) is 0 Å². The molecule has 0 atom stereocenters. The highest BCUT2D eigenvalue weighted by molar-refractivity contribution is 7.90. The SMILES string of the molecule is O=C(Nc1ccc(C(=O)NS(=O)(=O)c2cccc3cnccc23)cc1)NC1CC1. The van der Waals surface area contributed by atoms with E-state index in [1.54, 1.807) is 24.4 Å². The molecule has 8 nitrogen and oxygen atoms in total. The maximum Gasteiger partial charge on any atom is 0.319 e. The molecular weight excluding hydrogens is 392 g/mol. The lowest BCUT2D eigenvalue weighted by Crippen LogP contribution is -2.31. The summed E-state index contributed by atoms with van der Waals surface area (Å²) in [6, 6.07) is 12.3. The molecule has 1 heterocycles. The van der Waals surface area contributed by atoms with Gasteiger partial charge in [0.25, 0.3) is 15.9 Å². The van der Waals surface area contributed by atoms with Crippen LogP contribution in [0, 0.1) is 0 Å². The van der Waals surface area contributed by atoms with Crippen molar-refractivity contribution in [1.82, 2.24) is 15.0 Å². The quantitative estimate of drug-likeness (QED) is 0.598. The summed E-state index contributed by atoms with van der Waals surface area (Å²) in [5.41, 5.74) is 0.660. The van der Waals surface area contributed by atoms with Crippen LogP contribution in [0.5, 0.6) is 0 Å². The fraction of sp³-hybridized carbons (Fsp3) is 0.150. The molecule has 0 unspecified atom stereocenters. The number of benzene rings is 2. The van der Waals surface area contributed by atoms with Crippen LogP contribution < -0.4 is 15.4 Å². The fourth-order valence-electron chi connectivity index (χ4n) is 2.85. The summed E-state index contributed by atoms with van der Waals surface area (Å²) < 4.78 is 27.6. The van der Waals surface area contributed by atoms with Crippen LogP contribution in [0.25, 0.3) is 10.8 Å². The molecule has 0 bridgehead atoms. The summed E-state index contributed by atoms with van der Waals surface area (Å²) in [4.78, 5) is 28.2. The Morgan fingerprint density at radius 2 is 1.76 bits per heavy atom. The molecule has 9 heteroatoms. The lowest BCUT2D eigenvalue weighted by atomic mass is 10.2. The number of sulfonamides is 1. The van der Waals surface area contributed by atoms with E-state index >= 15 is 0 Å². The van der Waals surface area contributed by atoms with Crippen molar-refractivity contribution in [2.45, 2.75) is 23.8 Å². The number of anilines is 1. The largest absolute Gasteiger partial charge is 0.335 e. The third-order valence-corrected chi connectivity index (χ3v) is 5.86. The van der Waals surface area contributed by atoms with Gasteiger partial charge >= 0.3 is 6.03 Å². The van der Waals surface area contributed by atoms with E-state index in [0.29, 0.717) is 16.5 Å². The van der Waals surface area contributed by atoms with Crippen LogP contribution in [-0.4, -0.2) is 31.4 Å². The van der Waals surface area contributed by atoms with E-state index in [2.05, 4.69) is 20.3 Å². The zero-order chi connectivity index (χ0) is 20.4. The number of carbonyl (C=O) groups is 2. The van der Waals surface area contributed by atoms with E-state index in [1.165, 1.54) is 36.5 Å². The summed E-state index contributed by atoms with van der Waals surface area (Å²) in [7, 11) is -4.08. The van der Waals surface area contributed by atoms with Crippen molar-refractivity contribution in [3.8, 4) is 0 Å². The van der Waals surface area contributed by atoms with Crippen LogP contribution in [0.1, 0.15) is 23.2 Å². The Balaban J connectivity index is 1.48. The molecule has 1 saturated carbocycles. The number of aromatic nitrogens is 1. The zero-order valence-corrected chi connectivity index (χ0v) is 16.1. The average molecular weight is 410 g/mol. The Bertz CT molecular complexity index is 1180. The number of hydrogen-bond acceptors (Lipinski definition) is 5. The van der Waals surface area contributed by atoms with E-state index in [1.807, 2.05) is 0 Å². The first-order valence-electron chi connectivity index (χ1n) is 9.00. The second-order valence-corrected chi connectivity index (χ2v) is 8.39. The molecular formula is C20H18N4O4S. The number of amides is 3. The highest BCUT2D eigenvalue weighted by Crippen LogP contribution is 2.22. The molecule has 29 heavy (non-hydrogen) atoms. The van der Waals surface area contributed by atoms with Crippen molar-refractivity contribution < 1.29 is 18.0 Å². The summed E-state index contributed by atoms with van der Waals surface area (Å²) in [6.45, 7) is 0. The predicted molar refractivity (Wildman–Crippen MR) is 108 cm³/mol. The lowest BCUT2D eigenvalue weighted by Gasteiger charge is -2.10. The molecule has 148 valence electrons. The van der Waals surface area contributed by atoms with Crippen LogP contribution in [0.15, 0.2) is 65.8 Å². The van der Waals surface area contributed by atoms with Crippen molar-refractivity contribution in [3.05, 3.63) is 66.5 Å². The Hall–Kier alpha value is -3.46. The van der Waals surface area contributed by atoms with Crippen LogP contribution in [0.2, 0.25) is 0 Å². The van der Waals surface area contributed by atoms with E-state index in [0.717, 1.165) is 12.8 Å². The van der Waals surface area contributed by atoms with Gasteiger partial charge < -0.3 is 10.6 Å². The fourth-order valence-corrected chi connectivity index (χ4v) is 4.05. The van der Waals surface area contributed by atoms with Gasteiger partial charge in [-0.15, -0.1) is 0 Å². The molecule has 1 fully saturated rings. The summed E-state index contributed by atoms with van der Waals surface area (Å²) in [5.74, 6) is -0.759. The van der Waals surface area contributed by atoms with Gasteiger partial charge in [-0.2, -0.15) is 0 Å². The molecule has 3 amide bonds. The van der Waals surface area contributed by atoms with Gasteiger partial charge in [-0.25, -0.2) is 17.9 Å². The van der Waals surface area contributed by atoms with Crippen LogP contribution in [0.4, 0.5) is 10.5 Å². The molecule has 3 aromatic rings. The van der Waals surface area contributed by atoms with E-state index < -0.39 is 15.9 Å². The van der Waals surface area contributed by atoms with Crippen molar-refractivity contribution in [3.63, 3.8) is 0 Å². The third-order valence-electron chi connectivity index (χ3n) is 4.47. The number of rotatable bonds is 5. The Morgan fingerprint density at radius 1 is 1.00 bits per heavy atom. The first kappa shape index (κ1) is 18.9. The molecule has 1 aliphatic rings. The standard InChI is InChI=1S/C20H18N4O4S/c25-19(13-4-6-15(7-5-13)22-20(26)23-16-8-9-16)24-29(27,28)18-3-1-2-14-12-21-11-10-17(14)18/h1-7,10-12,16H,8-9H2,(H,24,25)(H2,22,23,26). The molecule has 1 aromatic heterocycles. The highest BCUT2D eigenvalue weighted by atomic mass is 32.2. The number of carbonyl (C=O) groups excluding carboxylic acids is 2. The monoisotopic (exact) mass is 410 g/mol. The van der Waals surface area contributed by atoms with Crippen molar-refractivity contribution in [2.24, 2.45) is 0 Å². The average Bonchev–Trinajstić information content (AvgIpc) is 3.51. The second-order valence-electron chi connectivity index (χ2n) is 6.74. The normalized spacial score (nSPS) is 13.7. The third kappa shape index (κ3) is 4.35. The maximum atomic E-state index is 12.7. The van der Waals surface area contributed by atoms with E-state index in [9.17, 15) is 18.0 Å². The first-order valence-corrected chi connectivity index (χ1v) is 10.5. The van der Waals surface area contributed by atoms with Crippen molar-refractivity contribution in [1.29, 1.82) is 0 Å². The maximum absolute atomic E-state index is 12.7. The molecule has 1 aliphatic carbocycles. The number of nitrogens with zero attached hydrogens (tertiary/aromatic N) is 1. The van der Waals surface area contributed by atoms with E-state index in [4.69, 9.17) is 0 Å². The molecule has 0 spiro atoms. The predicted octanol–water partition coefficient (Wildman–Crippen LogP) is 2.64. The minimum Gasteiger partial charge on any atom is -0.335 e. The van der Waals surface area contributed by atoms with Gasteiger partial charge in [-0.1, -0.05) is 12.1 Å². The minimum absolute atomic E-state index is 0.000726. The Morgan fingerprint density at radius 3 is 2.48 bits per heavy atom. The Kier molecular flexibility index (Phi) is 4.89. The number of nitrogens with one attached hydrogen (secondary N) is 3. The number of hydrogen-bond donors (Lipinski definition) is 3. The van der Waals surface area contributed by atoms with Crippen LogP contribution in [0.3, 0.4) is 0 Å². The second kappa shape index (κ2) is 7.51. The summed E-state index contributed by atoms with van der Waals surface area (Å²) in [5, 5.41) is 6.59. The molecule has 0 aliphatic heterocycles. The van der Waals surface area contributed by atoms with E-state index in [-0.39, 0.29) is 22.5 Å². The summed E-state index contributed by atoms with van der Waals surface area (Å²) in [6.07, 6.45) is 5.01. The molecule has 3 N–H and O–H groups in total. The number of fused-ring (bicyclic) bond motifs is 1. The Labute approximate surface area is 167 Å². The van der Waals surface area contributed by atoms with Gasteiger partial charge in [0, 0.05) is 40.5 Å². The smallest absolute Gasteiger partial charge is 0.319 e. The van der Waals surface area contributed by atoms with Crippen LogP contribution in [-0.2, 0) is 10.0 Å². The first-order chi connectivity index (χ1) is 13.9. The van der Waals surface area contributed by atoms with Crippen molar-refractivity contribution in [2.75, 3.05) is 5.32 Å². The van der Waals surface area contributed by atoms with Crippen LogP contribution >= 0.6 is 0 Å². The molecule has 4 rings (SSSR count). The molecule has 0 saturated heterocycles. The lowest BCUT2D eigenvalue weighted by molar-refractivity contribution is 0.0981. The number of pyridine rings is 1.